The molecule has 0 spiro atoms. The van der Waals surface area contributed by atoms with Crippen molar-refractivity contribution in [3.05, 3.63) is 58.5 Å². The lowest BCUT2D eigenvalue weighted by Gasteiger charge is -2.13. The van der Waals surface area contributed by atoms with E-state index in [-0.39, 0.29) is 28.0 Å². The van der Waals surface area contributed by atoms with Crippen LogP contribution >= 0.6 is 0 Å². The molecule has 94 valence electrons. The Bertz CT molecular complexity index is 723. The summed E-state index contributed by atoms with van der Waals surface area (Å²) in [5.41, 5.74) is 0.512. The molecular formula is C14H8O5. The topological polar surface area (TPSA) is 73.6 Å². The molecule has 1 aromatic heterocycles. The first-order valence-corrected chi connectivity index (χ1v) is 5.53. The summed E-state index contributed by atoms with van der Waals surface area (Å²) in [5, 5.41) is 0. The number of methoxy groups -OCH3 is 1. The molecule has 0 amide bonds. The molecule has 0 fully saturated rings. The van der Waals surface area contributed by atoms with E-state index in [0.29, 0.717) is 0 Å². The lowest BCUT2D eigenvalue weighted by Crippen LogP contribution is -2.21. The molecule has 0 N–H and O–H groups in total. The largest absolute Gasteiger partial charge is 0.465 e. The van der Waals surface area contributed by atoms with E-state index in [0.717, 1.165) is 6.26 Å². The summed E-state index contributed by atoms with van der Waals surface area (Å²) in [5.74, 6) is -1.62. The summed E-state index contributed by atoms with van der Waals surface area (Å²) < 4.78 is 9.65. The third-order valence-corrected chi connectivity index (χ3v) is 3.05. The Labute approximate surface area is 107 Å². The SMILES string of the molecule is COC(=O)c1coc2c1C(=O)c1ccccc1C2=O. The zero-order chi connectivity index (χ0) is 13.6. The van der Waals surface area contributed by atoms with Crippen molar-refractivity contribution < 1.29 is 23.5 Å². The minimum Gasteiger partial charge on any atom is -0.465 e. The van der Waals surface area contributed by atoms with Gasteiger partial charge in [0.15, 0.2) is 11.5 Å². The third kappa shape index (κ3) is 1.45. The van der Waals surface area contributed by atoms with Gasteiger partial charge in [-0.2, -0.15) is 0 Å². The van der Waals surface area contributed by atoms with E-state index in [9.17, 15) is 14.4 Å². The molecule has 0 unspecified atom stereocenters. The van der Waals surface area contributed by atoms with Gasteiger partial charge < -0.3 is 9.15 Å². The number of fused-ring (bicyclic) bond motifs is 2. The van der Waals surface area contributed by atoms with Crippen molar-refractivity contribution in [1.82, 2.24) is 0 Å². The standard InChI is InChI=1S/C14H8O5/c1-18-14(17)9-6-19-13-10(9)11(15)7-4-2-3-5-8(7)12(13)16/h2-6H,1H3. The van der Waals surface area contributed by atoms with Gasteiger partial charge in [0.2, 0.25) is 5.78 Å². The fourth-order valence-electron chi connectivity index (χ4n) is 2.15. The van der Waals surface area contributed by atoms with Gasteiger partial charge in [0.25, 0.3) is 0 Å². The number of ether oxygens (including phenoxy) is 1. The lowest BCUT2D eigenvalue weighted by atomic mass is 9.87. The maximum Gasteiger partial charge on any atom is 0.341 e. The molecule has 0 bridgehead atoms. The quantitative estimate of drug-likeness (QED) is 0.621. The highest BCUT2D eigenvalue weighted by Crippen LogP contribution is 2.30. The Morgan fingerprint density at radius 1 is 1.11 bits per heavy atom. The fraction of sp³-hybridized carbons (Fsp3) is 0.0714. The average molecular weight is 256 g/mol. The number of ketones is 2. The Balaban J connectivity index is 2.26. The minimum absolute atomic E-state index is 0.0180. The first kappa shape index (κ1) is 11.4. The average Bonchev–Trinajstić information content (AvgIpc) is 2.89. The highest BCUT2D eigenvalue weighted by Gasteiger charge is 2.36. The van der Waals surface area contributed by atoms with Gasteiger partial charge in [-0.3, -0.25) is 9.59 Å². The molecule has 5 nitrogen and oxygen atoms in total. The van der Waals surface area contributed by atoms with Crippen molar-refractivity contribution in [1.29, 1.82) is 0 Å². The Kier molecular flexibility index (Phi) is 2.35. The lowest BCUT2D eigenvalue weighted by molar-refractivity contribution is 0.0597. The third-order valence-electron chi connectivity index (χ3n) is 3.05. The van der Waals surface area contributed by atoms with E-state index >= 15 is 0 Å². The van der Waals surface area contributed by atoms with Crippen molar-refractivity contribution in [2.75, 3.05) is 7.11 Å². The van der Waals surface area contributed by atoms with Crippen LogP contribution in [0.1, 0.15) is 42.4 Å². The predicted octanol–water partition coefficient (Wildman–Crippen LogP) is 1.84. The Hall–Kier alpha value is -2.69. The van der Waals surface area contributed by atoms with Crippen molar-refractivity contribution in [2.45, 2.75) is 0 Å². The van der Waals surface area contributed by atoms with Gasteiger partial charge in [-0.1, -0.05) is 24.3 Å². The maximum atomic E-state index is 12.3. The van der Waals surface area contributed by atoms with Crippen LogP contribution in [0, 0.1) is 0 Å². The van der Waals surface area contributed by atoms with Crippen LogP contribution in [-0.2, 0) is 4.74 Å². The predicted molar refractivity (Wildman–Crippen MR) is 63.4 cm³/mol. The van der Waals surface area contributed by atoms with Crippen molar-refractivity contribution in [3.8, 4) is 0 Å². The highest BCUT2D eigenvalue weighted by molar-refractivity contribution is 6.29. The molecule has 3 rings (SSSR count). The second-order valence-electron chi connectivity index (χ2n) is 4.05. The van der Waals surface area contributed by atoms with Crippen molar-refractivity contribution >= 4 is 17.5 Å². The summed E-state index contributed by atoms with van der Waals surface area (Å²) in [6.45, 7) is 0. The zero-order valence-corrected chi connectivity index (χ0v) is 9.93. The maximum absolute atomic E-state index is 12.3. The van der Waals surface area contributed by atoms with Crippen molar-refractivity contribution in [2.24, 2.45) is 0 Å². The smallest absolute Gasteiger partial charge is 0.341 e. The number of furan rings is 1. The molecule has 1 aliphatic carbocycles. The summed E-state index contributed by atoms with van der Waals surface area (Å²) >= 11 is 0. The first-order chi connectivity index (χ1) is 9.15. The van der Waals surface area contributed by atoms with Gasteiger partial charge >= 0.3 is 5.97 Å². The van der Waals surface area contributed by atoms with Crippen LogP contribution in [-0.4, -0.2) is 24.6 Å². The monoisotopic (exact) mass is 256 g/mol. The number of hydrogen-bond acceptors (Lipinski definition) is 5. The molecule has 1 aliphatic rings. The van der Waals surface area contributed by atoms with Crippen LogP contribution in [0.15, 0.2) is 34.9 Å². The molecule has 0 saturated heterocycles. The molecule has 0 saturated carbocycles. The number of benzene rings is 1. The van der Waals surface area contributed by atoms with Crippen LogP contribution in [0.4, 0.5) is 0 Å². The van der Waals surface area contributed by atoms with E-state index in [1.54, 1.807) is 24.3 Å². The van der Waals surface area contributed by atoms with E-state index < -0.39 is 17.5 Å². The van der Waals surface area contributed by atoms with Crippen LogP contribution in [0.5, 0.6) is 0 Å². The molecule has 2 aromatic rings. The second-order valence-corrected chi connectivity index (χ2v) is 4.05. The van der Waals surface area contributed by atoms with Gasteiger partial charge in [-0.15, -0.1) is 0 Å². The number of hydrogen-bond donors (Lipinski definition) is 0. The van der Waals surface area contributed by atoms with E-state index in [4.69, 9.17) is 4.42 Å². The minimum atomic E-state index is -0.703. The van der Waals surface area contributed by atoms with Gasteiger partial charge in [-0.25, -0.2) is 4.79 Å². The molecule has 0 aliphatic heterocycles. The van der Waals surface area contributed by atoms with Crippen LogP contribution < -0.4 is 0 Å². The van der Waals surface area contributed by atoms with Crippen LogP contribution in [0.25, 0.3) is 0 Å². The normalized spacial score (nSPS) is 12.9. The first-order valence-electron chi connectivity index (χ1n) is 5.53. The molecule has 0 atom stereocenters. The summed E-state index contributed by atoms with van der Waals surface area (Å²) in [6.07, 6.45) is 1.08. The van der Waals surface area contributed by atoms with E-state index in [1.165, 1.54) is 7.11 Å². The van der Waals surface area contributed by atoms with Gasteiger partial charge in [0.1, 0.15) is 11.8 Å². The molecule has 0 radical (unpaired) electrons. The summed E-state index contributed by atoms with van der Waals surface area (Å²) in [7, 11) is 1.20. The number of rotatable bonds is 1. The molecule has 19 heavy (non-hydrogen) atoms. The number of carbonyl (C=O) groups excluding carboxylic acids is 3. The molecular weight excluding hydrogens is 248 g/mol. The zero-order valence-electron chi connectivity index (χ0n) is 9.93. The molecule has 5 heteroatoms. The van der Waals surface area contributed by atoms with Crippen LogP contribution in [0.2, 0.25) is 0 Å². The van der Waals surface area contributed by atoms with Crippen molar-refractivity contribution in [3.63, 3.8) is 0 Å². The highest BCUT2D eigenvalue weighted by atomic mass is 16.5. The summed E-state index contributed by atoms with van der Waals surface area (Å²) in [6, 6.07) is 6.43. The van der Waals surface area contributed by atoms with Gasteiger partial charge in [0, 0.05) is 11.1 Å². The molecule has 1 aromatic carbocycles. The molecule has 1 heterocycles. The summed E-state index contributed by atoms with van der Waals surface area (Å²) in [4.78, 5) is 36.1. The number of esters is 1. The second kappa shape index (κ2) is 3.91. The van der Waals surface area contributed by atoms with E-state index in [2.05, 4.69) is 4.74 Å². The van der Waals surface area contributed by atoms with Gasteiger partial charge in [0.05, 0.1) is 12.7 Å². The Morgan fingerprint density at radius 3 is 2.37 bits per heavy atom. The van der Waals surface area contributed by atoms with E-state index in [1.807, 2.05) is 0 Å². The Morgan fingerprint density at radius 2 is 1.74 bits per heavy atom. The number of carbonyl (C=O) groups is 3. The van der Waals surface area contributed by atoms with Gasteiger partial charge in [-0.05, 0) is 0 Å². The fourth-order valence-corrected chi connectivity index (χ4v) is 2.15. The van der Waals surface area contributed by atoms with Crippen LogP contribution in [0.3, 0.4) is 0 Å².